The number of nitrogens with zero attached hydrogens (tertiary/aromatic N) is 6. The van der Waals surface area contributed by atoms with Gasteiger partial charge in [-0.3, -0.25) is 24.3 Å². The summed E-state index contributed by atoms with van der Waals surface area (Å²) in [6, 6.07) is 9.76. The number of ether oxygens (including phenoxy) is 2. The quantitative estimate of drug-likeness (QED) is 0.229. The molecule has 0 aliphatic carbocycles. The number of nitrogen functional groups attached to an aromatic ring is 1. The number of alkyl halides is 3. The summed E-state index contributed by atoms with van der Waals surface area (Å²) in [7, 11) is 0. The molecule has 5 heterocycles. The van der Waals surface area contributed by atoms with Crippen molar-refractivity contribution in [3.05, 3.63) is 58.1 Å². The molecule has 0 radical (unpaired) electrons. The molecular weight excluding hydrogens is 817 g/mol. The highest BCUT2D eigenvalue weighted by Crippen LogP contribution is 2.38. The van der Waals surface area contributed by atoms with Gasteiger partial charge in [0.2, 0.25) is 0 Å². The normalized spacial score (nSPS) is 21.0. The molecule has 4 saturated heterocycles. The third-order valence-corrected chi connectivity index (χ3v) is 13.2. The lowest BCUT2D eigenvalue weighted by atomic mass is 10.0. The van der Waals surface area contributed by atoms with E-state index in [0.717, 1.165) is 62.9 Å². The zero-order valence-electron chi connectivity index (χ0n) is 34.7. The molecule has 5 aliphatic rings. The number of halogens is 4. The first kappa shape index (κ1) is 44.7. The van der Waals surface area contributed by atoms with Crippen LogP contribution in [0.1, 0.15) is 61.6 Å². The van der Waals surface area contributed by atoms with Crippen LogP contribution in [0, 0.1) is 0 Å². The van der Waals surface area contributed by atoms with E-state index in [4.69, 9.17) is 26.8 Å². The number of benzene rings is 2. The molecule has 0 bridgehead atoms. The molecular formula is C43H58ClF3N8O6. The Labute approximate surface area is 360 Å². The summed E-state index contributed by atoms with van der Waals surface area (Å²) in [6.07, 6.45) is -0.253. The fourth-order valence-electron chi connectivity index (χ4n) is 9.37. The van der Waals surface area contributed by atoms with Gasteiger partial charge < -0.3 is 35.2 Å². The van der Waals surface area contributed by atoms with Crippen LogP contribution in [0.25, 0.3) is 0 Å². The Balaban J connectivity index is 0.925. The number of carbonyl (C=O) groups excluding carboxylic acids is 4. The summed E-state index contributed by atoms with van der Waals surface area (Å²) in [6.45, 7) is 7.99. The predicted octanol–water partition coefficient (Wildman–Crippen LogP) is 5.18. The van der Waals surface area contributed by atoms with Gasteiger partial charge in [-0.05, 0) is 87.4 Å². The fourth-order valence-corrected chi connectivity index (χ4v) is 9.61. The minimum atomic E-state index is -4.79. The number of para-hydroxylation sites is 1. The first-order valence-electron chi connectivity index (χ1n) is 21.7. The van der Waals surface area contributed by atoms with E-state index in [1.807, 2.05) is 24.3 Å². The number of piperazine rings is 1. The van der Waals surface area contributed by atoms with Gasteiger partial charge in [0.15, 0.2) is 6.10 Å². The number of esters is 1. The van der Waals surface area contributed by atoms with Gasteiger partial charge in [-0.25, -0.2) is 9.59 Å². The van der Waals surface area contributed by atoms with E-state index < -0.39 is 35.5 Å². The van der Waals surface area contributed by atoms with Gasteiger partial charge in [0.25, 0.3) is 5.91 Å². The number of nitrogens with one attached hydrogen (secondary N) is 1. The zero-order chi connectivity index (χ0) is 43.1. The fraction of sp³-hybridized carbons (Fsp3) is 0.628. The lowest BCUT2D eigenvalue weighted by Crippen LogP contribution is -2.57. The summed E-state index contributed by atoms with van der Waals surface area (Å²) < 4.78 is 53.2. The first-order valence-corrected chi connectivity index (χ1v) is 22.1. The molecule has 0 spiro atoms. The largest absolute Gasteiger partial charge is 0.463 e. The molecule has 4 fully saturated rings. The van der Waals surface area contributed by atoms with Crippen LogP contribution in [0.5, 0.6) is 0 Å². The SMILES string of the molecule is Nc1c(Cl)cc(C[C@@H](OC(=O)N2CCC(N3CCc4ccccc4NC3=O)CC2)C(=O)N2CCN(C3CCN(CC(=O)OCCN4CCCCC4)CC3)CC2)cc1C(F)(F)F. The molecule has 14 nitrogen and oxygen atoms in total. The number of rotatable bonds is 11. The van der Waals surface area contributed by atoms with Crippen molar-refractivity contribution in [1.29, 1.82) is 0 Å². The molecule has 2 aromatic carbocycles. The minimum Gasteiger partial charge on any atom is -0.463 e. The zero-order valence-corrected chi connectivity index (χ0v) is 35.4. The number of nitrogens with two attached hydrogens (primary N) is 1. The summed E-state index contributed by atoms with van der Waals surface area (Å²) in [5, 5.41) is 2.68. The lowest BCUT2D eigenvalue weighted by molar-refractivity contribution is -0.146. The van der Waals surface area contributed by atoms with Crippen LogP contribution in [0.15, 0.2) is 36.4 Å². The first-order chi connectivity index (χ1) is 29.3. The molecule has 334 valence electrons. The van der Waals surface area contributed by atoms with Gasteiger partial charge >= 0.3 is 24.3 Å². The Kier molecular flexibility index (Phi) is 14.8. The number of fused-ring (bicyclic) bond motifs is 1. The molecule has 7 rings (SSSR count). The van der Waals surface area contributed by atoms with Crippen molar-refractivity contribution in [2.45, 2.75) is 82.2 Å². The minimum absolute atomic E-state index is 0.0563. The van der Waals surface area contributed by atoms with Crippen LogP contribution in [0.3, 0.4) is 0 Å². The van der Waals surface area contributed by atoms with Crippen molar-refractivity contribution in [3.63, 3.8) is 0 Å². The highest BCUT2D eigenvalue weighted by Gasteiger charge is 2.38. The Morgan fingerprint density at radius 1 is 0.836 bits per heavy atom. The topological polar surface area (TPSA) is 144 Å². The molecule has 0 saturated carbocycles. The van der Waals surface area contributed by atoms with E-state index in [1.165, 1.54) is 30.2 Å². The third-order valence-electron chi connectivity index (χ3n) is 12.9. The Hall–Kier alpha value is -4.32. The van der Waals surface area contributed by atoms with Crippen molar-refractivity contribution in [2.75, 3.05) is 103 Å². The van der Waals surface area contributed by atoms with Crippen LogP contribution >= 0.6 is 11.6 Å². The molecule has 0 aromatic heterocycles. The number of likely N-dealkylation sites (tertiary alicyclic amines) is 3. The predicted molar refractivity (Wildman–Crippen MR) is 224 cm³/mol. The van der Waals surface area contributed by atoms with Crippen LogP contribution in [-0.4, -0.2) is 163 Å². The van der Waals surface area contributed by atoms with E-state index in [-0.39, 0.29) is 60.7 Å². The van der Waals surface area contributed by atoms with E-state index >= 15 is 0 Å². The van der Waals surface area contributed by atoms with E-state index in [9.17, 15) is 32.3 Å². The summed E-state index contributed by atoms with van der Waals surface area (Å²) in [4.78, 5) is 65.3. The molecule has 1 atom stereocenters. The highest BCUT2D eigenvalue weighted by atomic mass is 35.5. The number of anilines is 2. The molecule has 4 amide bonds. The van der Waals surface area contributed by atoms with Crippen LogP contribution < -0.4 is 11.1 Å². The van der Waals surface area contributed by atoms with Crippen molar-refractivity contribution >= 4 is 47.0 Å². The number of amides is 4. The van der Waals surface area contributed by atoms with E-state index in [0.29, 0.717) is 58.6 Å². The maximum absolute atomic E-state index is 14.2. The molecule has 18 heteroatoms. The van der Waals surface area contributed by atoms with Gasteiger partial charge in [0, 0.05) is 89.6 Å². The average Bonchev–Trinajstić information content (AvgIpc) is 3.42. The number of urea groups is 1. The second-order valence-corrected chi connectivity index (χ2v) is 17.3. The second kappa shape index (κ2) is 20.2. The number of hydrogen-bond donors (Lipinski definition) is 2. The van der Waals surface area contributed by atoms with Crippen LogP contribution in [-0.2, 0) is 38.1 Å². The van der Waals surface area contributed by atoms with Gasteiger partial charge in [-0.1, -0.05) is 36.2 Å². The van der Waals surface area contributed by atoms with Gasteiger partial charge in [-0.15, -0.1) is 0 Å². The molecule has 3 N–H and O–H groups in total. The Morgan fingerprint density at radius 2 is 1.52 bits per heavy atom. The third kappa shape index (κ3) is 11.6. The smallest absolute Gasteiger partial charge is 0.418 e. The van der Waals surface area contributed by atoms with E-state index in [1.54, 1.807) is 9.80 Å². The average molecular weight is 875 g/mol. The molecule has 2 aromatic rings. The Bertz CT molecular complexity index is 1860. The molecule has 5 aliphatic heterocycles. The number of carbonyl (C=O) groups is 4. The maximum Gasteiger partial charge on any atom is 0.418 e. The van der Waals surface area contributed by atoms with Gasteiger partial charge in [0.1, 0.15) is 6.61 Å². The summed E-state index contributed by atoms with van der Waals surface area (Å²) in [5.74, 6) is -0.703. The van der Waals surface area contributed by atoms with Crippen molar-refractivity contribution in [3.8, 4) is 0 Å². The van der Waals surface area contributed by atoms with Crippen molar-refractivity contribution in [2.24, 2.45) is 0 Å². The van der Waals surface area contributed by atoms with Crippen molar-refractivity contribution in [1.82, 2.24) is 29.4 Å². The monoisotopic (exact) mass is 874 g/mol. The standard InChI is InChI=1S/C43H58ClF3N8O6/c44-35-27-30(26-34(39(35)48)43(45,46)47)28-37(61-42(59)54-17-11-33(12-18-54)55-19-8-31-6-2-3-7-36(31)49-41(55)58)40(57)53-22-20-52(21-23-53)32-9-15-51(16-10-32)29-38(56)60-25-24-50-13-4-1-5-14-50/h2-3,6-7,26-27,32-33,37H,1,4-5,8-25,28-29,48H2,(H,49,58)/t37-/m1/s1. The highest BCUT2D eigenvalue weighted by molar-refractivity contribution is 6.33. The summed E-state index contributed by atoms with van der Waals surface area (Å²) in [5.41, 5.74) is 5.85. The lowest BCUT2D eigenvalue weighted by Gasteiger charge is -2.43. The summed E-state index contributed by atoms with van der Waals surface area (Å²) >= 11 is 6.16. The van der Waals surface area contributed by atoms with Crippen LogP contribution in [0.4, 0.5) is 34.1 Å². The van der Waals surface area contributed by atoms with Gasteiger partial charge in [-0.2, -0.15) is 13.2 Å². The van der Waals surface area contributed by atoms with Crippen molar-refractivity contribution < 1.29 is 41.8 Å². The Morgan fingerprint density at radius 3 is 2.23 bits per heavy atom. The molecule has 0 unspecified atom stereocenters. The van der Waals surface area contributed by atoms with Crippen LogP contribution in [0.2, 0.25) is 5.02 Å². The van der Waals surface area contributed by atoms with Gasteiger partial charge in [0.05, 0.1) is 22.8 Å². The molecule has 61 heavy (non-hydrogen) atoms. The second-order valence-electron chi connectivity index (χ2n) is 16.9. The maximum atomic E-state index is 14.2. The van der Waals surface area contributed by atoms with E-state index in [2.05, 4.69) is 20.0 Å². The number of hydrogen-bond acceptors (Lipinski definition) is 10. The number of piperidine rings is 3.